The lowest BCUT2D eigenvalue weighted by Gasteiger charge is -2.22. The summed E-state index contributed by atoms with van der Waals surface area (Å²) in [4.78, 5) is 39.5. The fourth-order valence-corrected chi connectivity index (χ4v) is 3.33. The van der Waals surface area contributed by atoms with E-state index in [2.05, 4.69) is 10.6 Å². The first-order valence-electron chi connectivity index (χ1n) is 9.85. The Morgan fingerprint density at radius 1 is 1.07 bits per heavy atom. The fourth-order valence-electron chi connectivity index (χ4n) is 3.33. The summed E-state index contributed by atoms with van der Waals surface area (Å²) in [6, 6.07) is 14.0. The quantitative estimate of drug-likeness (QED) is 0.794. The molecule has 0 spiro atoms. The molecular formula is C23H27N3O4. The molecule has 1 atom stereocenters. The van der Waals surface area contributed by atoms with E-state index in [1.807, 2.05) is 20.8 Å². The third-order valence-electron chi connectivity index (χ3n) is 4.80. The van der Waals surface area contributed by atoms with Crippen LogP contribution in [0.3, 0.4) is 0 Å². The Balaban J connectivity index is 1.71. The van der Waals surface area contributed by atoms with E-state index in [1.165, 1.54) is 0 Å². The average Bonchev–Trinajstić information content (AvgIpc) is 3.09. The Kier molecular flexibility index (Phi) is 6.10. The van der Waals surface area contributed by atoms with E-state index in [-0.39, 0.29) is 30.7 Å². The van der Waals surface area contributed by atoms with E-state index in [0.717, 1.165) is 5.69 Å². The van der Waals surface area contributed by atoms with Crippen LogP contribution in [-0.2, 0) is 9.59 Å². The maximum Gasteiger partial charge on any atom is 0.253 e. The molecule has 7 nitrogen and oxygen atoms in total. The number of carbonyl (C=O) groups excluding carboxylic acids is 3. The van der Waals surface area contributed by atoms with Crippen molar-refractivity contribution in [2.75, 3.05) is 23.9 Å². The van der Waals surface area contributed by atoms with Gasteiger partial charge in [0.25, 0.3) is 5.91 Å². The van der Waals surface area contributed by atoms with Gasteiger partial charge in [0.05, 0.1) is 24.3 Å². The third kappa shape index (κ3) is 4.97. The molecule has 0 bridgehead atoms. The van der Waals surface area contributed by atoms with Crippen molar-refractivity contribution in [2.45, 2.75) is 32.7 Å². The van der Waals surface area contributed by atoms with Gasteiger partial charge >= 0.3 is 0 Å². The van der Waals surface area contributed by atoms with E-state index in [0.29, 0.717) is 17.0 Å². The maximum absolute atomic E-state index is 12.9. The second kappa shape index (κ2) is 8.57. The Labute approximate surface area is 176 Å². The number of hydrogen-bond acceptors (Lipinski definition) is 4. The van der Waals surface area contributed by atoms with Crippen molar-refractivity contribution < 1.29 is 19.1 Å². The van der Waals surface area contributed by atoms with Gasteiger partial charge in [-0.15, -0.1) is 0 Å². The molecule has 0 saturated carbocycles. The van der Waals surface area contributed by atoms with Gasteiger partial charge in [-0.25, -0.2) is 0 Å². The smallest absolute Gasteiger partial charge is 0.253 e. The van der Waals surface area contributed by atoms with Gasteiger partial charge in [-0.1, -0.05) is 12.1 Å². The number of para-hydroxylation sites is 1. The standard InChI is InChI=1S/C23H27N3O4/c1-23(2,3)25-22(29)18-7-5-6-8-19(18)24-21(28)15-13-20(27)26(14-15)16-9-11-17(30-4)12-10-16/h5-12,15H,13-14H2,1-4H3,(H,24,28)(H,25,29)/t15-/m0/s1. The second-order valence-corrected chi connectivity index (χ2v) is 8.34. The summed E-state index contributed by atoms with van der Waals surface area (Å²) in [5.74, 6) is -0.460. The van der Waals surface area contributed by atoms with Gasteiger partial charge in [-0.3, -0.25) is 14.4 Å². The van der Waals surface area contributed by atoms with Crippen molar-refractivity contribution in [3.05, 3.63) is 54.1 Å². The number of hydrogen-bond donors (Lipinski definition) is 2. The number of ether oxygens (including phenoxy) is 1. The van der Waals surface area contributed by atoms with Gasteiger partial charge in [0, 0.05) is 24.2 Å². The van der Waals surface area contributed by atoms with Gasteiger partial charge in [0.2, 0.25) is 11.8 Å². The van der Waals surface area contributed by atoms with Crippen LogP contribution < -0.4 is 20.3 Å². The highest BCUT2D eigenvalue weighted by atomic mass is 16.5. The van der Waals surface area contributed by atoms with E-state index in [1.54, 1.807) is 60.5 Å². The molecule has 1 aliphatic heterocycles. The van der Waals surface area contributed by atoms with Gasteiger partial charge in [-0.2, -0.15) is 0 Å². The Hall–Kier alpha value is -3.35. The molecule has 0 radical (unpaired) electrons. The van der Waals surface area contributed by atoms with Crippen molar-refractivity contribution in [1.29, 1.82) is 0 Å². The van der Waals surface area contributed by atoms with Crippen LogP contribution in [0.1, 0.15) is 37.6 Å². The van der Waals surface area contributed by atoms with Crippen LogP contribution in [0.15, 0.2) is 48.5 Å². The van der Waals surface area contributed by atoms with E-state index in [9.17, 15) is 14.4 Å². The van der Waals surface area contributed by atoms with Crippen LogP contribution in [0.5, 0.6) is 5.75 Å². The van der Waals surface area contributed by atoms with Crippen LogP contribution in [0.4, 0.5) is 11.4 Å². The fraction of sp³-hybridized carbons (Fsp3) is 0.348. The molecule has 0 aromatic heterocycles. The SMILES string of the molecule is COc1ccc(N2C[C@@H](C(=O)Nc3ccccc3C(=O)NC(C)(C)C)CC2=O)cc1. The van der Waals surface area contributed by atoms with Gasteiger partial charge in [0.15, 0.2) is 0 Å². The first-order valence-corrected chi connectivity index (χ1v) is 9.85. The summed E-state index contributed by atoms with van der Waals surface area (Å²) in [6.07, 6.45) is 0.119. The summed E-state index contributed by atoms with van der Waals surface area (Å²) >= 11 is 0. The van der Waals surface area contributed by atoms with Crippen molar-refractivity contribution in [3.63, 3.8) is 0 Å². The number of methoxy groups -OCH3 is 1. The summed E-state index contributed by atoms with van der Waals surface area (Å²) < 4.78 is 5.14. The highest BCUT2D eigenvalue weighted by Gasteiger charge is 2.35. The zero-order chi connectivity index (χ0) is 21.9. The van der Waals surface area contributed by atoms with Crippen LogP contribution in [-0.4, -0.2) is 36.9 Å². The molecule has 1 heterocycles. The van der Waals surface area contributed by atoms with Gasteiger partial charge < -0.3 is 20.3 Å². The number of nitrogens with one attached hydrogen (secondary N) is 2. The Bertz CT molecular complexity index is 948. The lowest BCUT2D eigenvalue weighted by atomic mass is 10.1. The largest absolute Gasteiger partial charge is 0.497 e. The minimum absolute atomic E-state index is 0.112. The molecule has 158 valence electrons. The monoisotopic (exact) mass is 409 g/mol. The van der Waals surface area contributed by atoms with Gasteiger partial charge in [0.1, 0.15) is 5.75 Å². The van der Waals surface area contributed by atoms with Crippen LogP contribution >= 0.6 is 0 Å². The number of benzene rings is 2. The Morgan fingerprint density at radius 3 is 2.37 bits per heavy atom. The molecule has 2 aromatic carbocycles. The van der Waals surface area contributed by atoms with Crippen molar-refractivity contribution >= 4 is 29.1 Å². The summed E-state index contributed by atoms with van der Waals surface area (Å²) in [6.45, 7) is 5.96. The number of amides is 3. The predicted octanol–water partition coefficient (Wildman–Crippen LogP) is 3.22. The highest BCUT2D eigenvalue weighted by molar-refractivity contribution is 6.07. The normalized spacial score (nSPS) is 16.3. The predicted molar refractivity (Wildman–Crippen MR) is 116 cm³/mol. The summed E-state index contributed by atoms with van der Waals surface area (Å²) in [7, 11) is 1.58. The molecule has 1 aliphatic rings. The highest BCUT2D eigenvalue weighted by Crippen LogP contribution is 2.28. The number of anilines is 2. The van der Waals surface area contributed by atoms with Crippen molar-refractivity contribution in [2.24, 2.45) is 5.92 Å². The molecule has 0 unspecified atom stereocenters. The van der Waals surface area contributed by atoms with Crippen LogP contribution in [0.2, 0.25) is 0 Å². The average molecular weight is 409 g/mol. The second-order valence-electron chi connectivity index (χ2n) is 8.34. The molecule has 0 aliphatic carbocycles. The lowest BCUT2D eigenvalue weighted by Crippen LogP contribution is -2.41. The summed E-state index contributed by atoms with van der Waals surface area (Å²) in [5, 5.41) is 5.73. The molecule has 2 aromatic rings. The van der Waals surface area contributed by atoms with E-state index in [4.69, 9.17) is 4.74 Å². The Morgan fingerprint density at radius 2 is 1.73 bits per heavy atom. The minimum Gasteiger partial charge on any atom is -0.497 e. The molecular weight excluding hydrogens is 382 g/mol. The zero-order valence-electron chi connectivity index (χ0n) is 17.7. The molecule has 3 rings (SSSR count). The van der Waals surface area contributed by atoms with Gasteiger partial charge in [-0.05, 0) is 57.2 Å². The lowest BCUT2D eigenvalue weighted by molar-refractivity contribution is -0.122. The topological polar surface area (TPSA) is 87.7 Å². The number of nitrogens with zero attached hydrogens (tertiary/aromatic N) is 1. The zero-order valence-corrected chi connectivity index (χ0v) is 17.7. The first-order chi connectivity index (χ1) is 14.2. The molecule has 3 amide bonds. The summed E-state index contributed by atoms with van der Waals surface area (Å²) in [5.41, 5.74) is 1.14. The molecule has 1 saturated heterocycles. The van der Waals surface area contributed by atoms with E-state index < -0.39 is 11.5 Å². The van der Waals surface area contributed by atoms with Crippen molar-refractivity contribution in [1.82, 2.24) is 5.32 Å². The van der Waals surface area contributed by atoms with E-state index >= 15 is 0 Å². The molecule has 7 heteroatoms. The third-order valence-corrected chi connectivity index (χ3v) is 4.80. The minimum atomic E-state index is -0.502. The number of rotatable bonds is 5. The first kappa shape index (κ1) is 21.4. The van der Waals surface area contributed by atoms with Crippen LogP contribution in [0, 0.1) is 5.92 Å². The van der Waals surface area contributed by atoms with Crippen molar-refractivity contribution in [3.8, 4) is 5.75 Å². The molecule has 1 fully saturated rings. The molecule has 2 N–H and O–H groups in total. The maximum atomic E-state index is 12.9. The molecule has 30 heavy (non-hydrogen) atoms. The number of carbonyl (C=O) groups is 3. The van der Waals surface area contributed by atoms with Crippen LogP contribution in [0.25, 0.3) is 0 Å².